The van der Waals surface area contributed by atoms with Crippen molar-refractivity contribution >= 4 is 50.8 Å². The van der Waals surface area contributed by atoms with Gasteiger partial charge in [0.05, 0.1) is 0 Å². The highest BCUT2D eigenvalue weighted by Crippen LogP contribution is 2.47. The normalized spacial score (nSPS) is 17.9. The van der Waals surface area contributed by atoms with Gasteiger partial charge in [0.2, 0.25) is 0 Å². The third-order valence-electron chi connectivity index (χ3n) is 3.83. The Bertz CT molecular complexity index is 874. The number of thiophene rings is 2. The van der Waals surface area contributed by atoms with E-state index in [1.54, 1.807) is 11.3 Å². The lowest BCUT2D eigenvalue weighted by Crippen LogP contribution is -2.09. The second-order valence-electron chi connectivity index (χ2n) is 5.39. The third-order valence-corrected chi connectivity index (χ3v) is 6.94. The molecule has 0 amide bonds. The number of allylic oxidation sites excluding steroid dienone is 1. The maximum Gasteiger partial charge on any atom is 0.141 e. The zero-order chi connectivity index (χ0) is 15.3. The minimum absolute atomic E-state index is 0.261. The van der Waals surface area contributed by atoms with Crippen molar-refractivity contribution in [2.45, 2.75) is 26.2 Å². The first-order valence-electron chi connectivity index (χ1n) is 6.98. The number of nitrogens with zero attached hydrogens (tertiary/aromatic N) is 2. The molecule has 3 heterocycles. The van der Waals surface area contributed by atoms with E-state index in [0.29, 0.717) is 0 Å². The highest BCUT2D eigenvalue weighted by Gasteiger charge is 2.33. The quantitative estimate of drug-likeness (QED) is 0.492. The van der Waals surface area contributed by atoms with E-state index in [1.165, 1.54) is 28.7 Å². The van der Waals surface area contributed by atoms with E-state index in [2.05, 4.69) is 71.0 Å². The summed E-state index contributed by atoms with van der Waals surface area (Å²) >= 11 is 6.08. The molecular weight excluding hydrogens is 427 g/mol. The van der Waals surface area contributed by atoms with Crippen LogP contribution in [0.1, 0.15) is 43.2 Å². The average molecular weight is 440 g/mol. The van der Waals surface area contributed by atoms with E-state index < -0.39 is 0 Å². The number of aryl methyl sites for hydroxylation is 2. The molecule has 1 aliphatic rings. The van der Waals surface area contributed by atoms with Gasteiger partial charge in [-0.2, -0.15) is 0 Å². The van der Waals surface area contributed by atoms with E-state index in [1.807, 2.05) is 11.3 Å². The molecule has 4 rings (SSSR count). The zero-order valence-electron chi connectivity index (χ0n) is 12.1. The van der Waals surface area contributed by atoms with Crippen molar-refractivity contribution in [3.63, 3.8) is 0 Å². The summed E-state index contributed by atoms with van der Waals surface area (Å²) < 4.78 is 6.44. The predicted octanol–water partition coefficient (Wildman–Crippen LogP) is 5.54. The molecule has 0 spiro atoms. The highest BCUT2D eigenvalue weighted by atomic mass is 127. The van der Waals surface area contributed by atoms with E-state index in [0.717, 1.165) is 17.8 Å². The number of rotatable bonds is 2. The van der Waals surface area contributed by atoms with Crippen LogP contribution in [0.3, 0.4) is 0 Å². The largest absolute Gasteiger partial charge is 0.244 e. The van der Waals surface area contributed by atoms with Crippen LogP contribution in [0.5, 0.6) is 0 Å². The summed E-state index contributed by atoms with van der Waals surface area (Å²) in [5.74, 6) is 0.261. The van der Waals surface area contributed by atoms with Crippen LogP contribution in [0, 0.1) is 13.8 Å². The van der Waals surface area contributed by atoms with Gasteiger partial charge in [-0.1, -0.05) is 5.16 Å². The van der Waals surface area contributed by atoms with Gasteiger partial charge < -0.3 is 0 Å². The molecule has 0 radical (unpaired) electrons. The standard InChI is InChI=1S/C16H13IN2OS2/c1-8-3-5-12(21-8)10-7-11(17)14(13-6-4-9(2)22-13)16-15(10)18-20-19-16/h3-6,10H,7H2,1-2H3. The molecule has 3 aromatic rings. The predicted molar refractivity (Wildman–Crippen MR) is 98.9 cm³/mol. The first kappa shape index (κ1) is 14.6. The van der Waals surface area contributed by atoms with Crippen LogP contribution in [0.4, 0.5) is 0 Å². The van der Waals surface area contributed by atoms with Gasteiger partial charge in [0.25, 0.3) is 0 Å². The number of hydrogen-bond donors (Lipinski definition) is 0. The van der Waals surface area contributed by atoms with Crippen molar-refractivity contribution in [1.82, 2.24) is 10.3 Å². The first-order valence-corrected chi connectivity index (χ1v) is 9.69. The molecule has 1 aliphatic carbocycles. The van der Waals surface area contributed by atoms with E-state index in [9.17, 15) is 0 Å². The Morgan fingerprint density at radius 1 is 1.09 bits per heavy atom. The molecule has 0 saturated carbocycles. The van der Waals surface area contributed by atoms with Gasteiger partial charge in [-0.3, -0.25) is 0 Å². The van der Waals surface area contributed by atoms with Crippen molar-refractivity contribution in [1.29, 1.82) is 0 Å². The van der Waals surface area contributed by atoms with Crippen LogP contribution in [0.15, 0.2) is 32.5 Å². The van der Waals surface area contributed by atoms with E-state index >= 15 is 0 Å². The molecule has 0 aliphatic heterocycles. The summed E-state index contributed by atoms with van der Waals surface area (Å²) in [5.41, 5.74) is 3.08. The van der Waals surface area contributed by atoms with Gasteiger partial charge in [0, 0.05) is 34.6 Å². The fourth-order valence-electron chi connectivity index (χ4n) is 2.80. The molecule has 0 N–H and O–H groups in total. The molecule has 3 nitrogen and oxygen atoms in total. The fourth-order valence-corrected chi connectivity index (χ4v) is 5.89. The Kier molecular flexibility index (Phi) is 3.70. The maximum absolute atomic E-state index is 5.10. The summed E-state index contributed by atoms with van der Waals surface area (Å²) in [4.78, 5) is 5.22. The molecular formula is C16H13IN2OS2. The van der Waals surface area contributed by atoms with Crippen molar-refractivity contribution in [2.24, 2.45) is 0 Å². The monoisotopic (exact) mass is 440 g/mol. The van der Waals surface area contributed by atoms with E-state index in [-0.39, 0.29) is 5.92 Å². The van der Waals surface area contributed by atoms with Crippen LogP contribution < -0.4 is 0 Å². The number of hydrogen-bond acceptors (Lipinski definition) is 5. The lowest BCUT2D eigenvalue weighted by atomic mass is 9.88. The third kappa shape index (κ3) is 2.37. The molecule has 0 bridgehead atoms. The molecule has 1 atom stereocenters. The molecule has 0 aromatic carbocycles. The van der Waals surface area contributed by atoms with Crippen LogP contribution in [-0.2, 0) is 0 Å². The molecule has 3 aromatic heterocycles. The Morgan fingerprint density at radius 2 is 1.86 bits per heavy atom. The highest BCUT2D eigenvalue weighted by molar-refractivity contribution is 14.1. The summed E-state index contributed by atoms with van der Waals surface area (Å²) in [6, 6.07) is 8.69. The Morgan fingerprint density at radius 3 is 2.55 bits per heavy atom. The first-order chi connectivity index (χ1) is 10.6. The lowest BCUT2D eigenvalue weighted by molar-refractivity contribution is 0.301. The van der Waals surface area contributed by atoms with Crippen molar-refractivity contribution < 1.29 is 4.63 Å². The second-order valence-corrected chi connectivity index (χ2v) is 9.30. The minimum Gasteiger partial charge on any atom is -0.244 e. The van der Waals surface area contributed by atoms with Crippen LogP contribution >= 0.6 is 45.3 Å². The fraction of sp³-hybridized carbons (Fsp3) is 0.250. The smallest absolute Gasteiger partial charge is 0.141 e. The van der Waals surface area contributed by atoms with Gasteiger partial charge in [0.15, 0.2) is 0 Å². The van der Waals surface area contributed by atoms with Crippen molar-refractivity contribution in [2.75, 3.05) is 0 Å². The van der Waals surface area contributed by atoms with Crippen molar-refractivity contribution in [3.05, 3.63) is 58.7 Å². The molecule has 112 valence electrons. The molecule has 0 saturated heterocycles. The topological polar surface area (TPSA) is 38.9 Å². The number of fused-ring (bicyclic) bond motifs is 1. The SMILES string of the molecule is Cc1ccc(C2=C(I)CC(c3ccc(C)s3)c3nonc32)s1. The summed E-state index contributed by atoms with van der Waals surface area (Å²) in [7, 11) is 0. The summed E-state index contributed by atoms with van der Waals surface area (Å²) in [6.07, 6.45) is 0.966. The molecule has 0 fully saturated rings. The van der Waals surface area contributed by atoms with Crippen LogP contribution in [0.2, 0.25) is 0 Å². The Hall–Kier alpha value is -0.990. The van der Waals surface area contributed by atoms with Gasteiger partial charge in [-0.15, -0.1) is 22.7 Å². The van der Waals surface area contributed by atoms with Crippen molar-refractivity contribution in [3.8, 4) is 0 Å². The average Bonchev–Trinajstić information content (AvgIpc) is 3.19. The lowest BCUT2D eigenvalue weighted by Gasteiger charge is -2.21. The molecule has 22 heavy (non-hydrogen) atoms. The van der Waals surface area contributed by atoms with Gasteiger partial charge in [-0.25, -0.2) is 4.63 Å². The van der Waals surface area contributed by atoms with Crippen LogP contribution in [0.25, 0.3) is 5.57 Å². The Balaban J connectivity index is 1.84. The maximum atomic E-state index is 5.10. The van der Waals surface area contributed by atoms with Gasteiger partial charge in [0.1, 0.15) is 11.4 Å². The van der Waals surface area contributed by atoms with Gasteiger partial charge in [-0.05, 0) is 72.3 Å². The van der Waals surface area contributed by atoms with Crippen LogP contribution in [-0.4, -0.2) is 10.3 Å². The zero-order valence-corrected chi connectivity index (χ0v) is 15.9. The van der Waals surface area contributed by atoms with E-state index in [4.69, 9.17) is 4.63 Å². The molecule has 6 heteroatoms. The number of halogens is 1. The molecule has 1 unspecified atom stereocenters. The second kappa shape index (κ2) is 5.58. The summed E-state index contributed by atoms with van der Waals surface area (Å²) in [6.45, 7) is 4.27. The number of aromatic nitrogens is 2. The Labute approximate surface area is 150 Å². The minimum atomic E-state index is 0.261. The summed E-state index contributed by atoms with van der Waals surface area (Å²) in [5, 5.41) is 8.45. The van der Waals surface area contributed by atoms with Gasteiger partial charge >= 0.3 is 0 Å².